The van der Waals surface area contributed by atoms with Crippen molar-refractivity contribution >= 4 is 34.0 Å². The molecular weight excluding hydrogens is 362 g/mol. The fourth-order valence-corrected chi connectivity index (χ4v) is 4.65. The van der Waals surface area contributed by atoms with Crippen molar-refractivity contribution in [1.29, 1.82) is 0 Å². The second kappa shape index (κ2) is 7.43. The Morgan fingerprint density at radius 1 is 1.04 bits per heavy atom. The predicted molar refractivity (Wildman–Crippen MR) is 109 cm³/mol. The van der Waals surface area contributed by atoms with E-state index in [2.05, 4.69) is 22.5 Å². The van der Waals surface area contributed by atoms with Gasteiger partial charge < -0.3 is 0 Å². The van der Waals surface area contributed by atoms with Crippen molar-refractivity contribution in [2.45, 2.75) is 24.4 Å². The number of thioether (sulfide) groups is 1. The number of hydrogen-bond acceptors (Lipinski definition) is 5. The summed E-state index contributed by atoms with van der Waals surface area (Å²) in [5, 5.41) is 4.50. The molecule has 0 spiro atoms. The first kappa shape index (κ1) is 17.0. The zero-order valence-corrected chi connectivity index (χ0v) is 15.9. The van der Waals surface area contributed by atoms with Gasteiger partial charge >= 0.3 is 0 Å². The molecule has 0 atom stereocenters. The molecule has 0 saturated heterocycles. The SMILES string of the molecule is CCn1c(SCc2csc(-c3ccccc3)n2)nc2ccccc2c1=O. The largest absolute Gasteiger partial charge is 0.287 e. The van der Waals surface area contributed by atoms with E-state index in [1.54, 1.807) is 27.7 Å². The fraction of sp³-hybridized carbons (Fsp3) is 0.150. The Morgan fingerprint density at radius 2 is 1.81 bits per heavy atom. The van der Waals surface area contributed by atoms with Crippen molar-refractivity contribution < 1.29 is 0 Å². The van der Waals surface area contributed by atoms with Gasteiger partial charge in [0.15, 0.2) is 5.16 Å². The van der Waals surface area contributed by atoms with Gasteiger partial charge in [-0.15, -0.1) is 11.3 Å². The van der Waals surface area contributed by atoms with E-state index in [4.69, 9.17) is 4.98 Å². The standard InChI is InChI=1S/C20H17N3OS2/c1-2-23-19(24)16-10-6-7-11-17(16)22-20(23)26-13-15-12-25-18(21-15)14-8-4-3-5-9-14/h3-12H,2,13H2,1H3. The van der Waals surface area contributed by atoms with E-state index in [0.717, 1.165) is 26.9 Å². The van der Waals surface area contributed by atoms with Gasteiger partial charge in [0.1, 0.15) is 5.01 Å². The molecule has 0 saturated carbocycles. The van der Waals surface area contributed by atoms with E-state index in [9.17, 15) is 4.79 Å². The molecule has 2 aromatic carbocycles. The van der Waals surface area contributed by atoms with Gasteiger partial charge in [0.2, 0.25) is 0 Å². The van der Waals surface area contributed by atoms with E-state index in [1.165, 1.54) is 0 Å². The van der Waals surface area contributed by atoms with Crippen LogP contribution in [0.4, 0.5) is 0 Å². The topological polar surface area (TPSA) is 47.8 Å². The molecule has 0 fully saturated rings. The van der Waals surface area contributed by atoms with Gasteiger partial charge in [-0.05, 0) is 19.1 Å². The number of hydrogen-bond donors (Lipinski definition) is 0. The maximum absolute atomic E-state index is 12.7. The first-order chi connectivity index (χ1) is 12.8. The molecule has 0 aliphatic heterocycles. The molecular formula is C20H17N3OS2. The third-order valence-electron chi connectivity index (χ3n) is 4.06. The molecule has 0 aliphatic rings. The molecule has 4 nitrogen and oxygen atoms in total. The summed E-state index contributed by atoms with van der Waals surface area (Å²) < 4.78 is 1.73. The number of thiazole rings is 1. The van der Waals surface area contributed by atoms with Crippen LogP contribution in [-0.4, -0.2) is 14.5 Å². The van der Waals surface area contributed by atoms with Crippen molar-refractivity contribution in [1.82, 2.24) is 14.5 Å². The molecule has 2 aromatic heterocycles. The molecule has 0 N–H and O–H groups in total. The van der Waals surface area contributed by atoms with E-state index in [-0.39, 0.29) is 5.56 Å². The minimum Gasteiger partial charge on any atom is -0.287 e. The number of rotatable bonds is 5. The Hall–Kier alpha value is -2.44. The lowest BCUT2D eigenvalue weighted by Gasteiger charge is -2.10. The summed E-state index contributed by atoms with van der Waals surface area (Å²) in [6.07, 6.45) is 0. The van der Waals surface area contributed by atoms with Crippen LogP contribution in [0.25, 0.3) is 21.5 Å². The smallest absolute Gasteiger partial charge is 0.262 e. The fourth-order valence-electron chi connectivity index (χ4n) is 2.76. The summed E-state index contributed by atoms with van der Waals surface area (Å²) in [5.41, 5.74) is 2.89. The quantitative estimate of drug-likeness (QED) is 0.368. The zero-order valence-electron chi connectivity index (χ0n) is 14.3. The number of nitrogens with zero attached hydrogens (tertiary/aromatic N) is 3. The van der Waals surface area contributed by atoms with Crippen LogP contribution >= 0.6 is 23.1 Å². The van der Waals surface area contributed by atoms with E-state index < -0.39 is 0 Å². The lowest BCUT2D eigenvalue weighted by molar-refractivity contribution is 0.634. The van der Waals surface area contributed by atoms with E-state index in [1.807, 2.05) is 49.4 Å². The molecule has 0 unspecified atom stereocenters. The highest BCUT2D eigenvalue weighted by molar-refractivity contribution is 7.98. The van der Waals surface area contributed by atoms with Gasteiger partial charge in [0, 0.05) is 23.2 Å². The maximum atomic E-state index is 12.7. The lowest BCUT2D eigenvalue weighted by atomic mass is 10.2. The molecule has 0 bridgehead atoms. The van der Waals surface area contributed by atoms with Gasteiger partial charge in [-0.1, -0.05) is 54.2 Å². The number of benzene rings is 2. The van der Waals surface area contributed by atoms with Crippen LogP contribution in [-0.2, 0) is 12.3 Å². The Labute approximate surface area is 159 Å². The molecule has 26 heavy (non-hydrogen) atoms. The molecule has 2 heterocycles. The van der Waals surface area contributed by atoms with Crippen molar-refractivity contribution in [3.05, 3.63) is 76.0 Å². The van der Waals surface area contributed by atoms with Crippen LogP contribution < -0.4 is 5.56 Å². The first-order valence-corrected chi connectivity index (χ1v) is 10.2. The molecule has 4 aromatic rings. The summed E-state index contributed by atoms with van der Waals surface area (Å²) in [5.74, 6) is 0.689. The molecule has 130 valence electrons. The van der Waals surface area contributed by atoms with Gasteiger partial charge in [-0.3, -0.25) is 9.36 Å². The molecule has 0 aliphatic carbocycles. The number of para-hydroxylation sites is 1. The minimum atomic E-state index is 0.0175. The summed E-state index contributed by atoms with van der Waals surface area (Å²) >= 11 is 3.20. The van der Waals surface area contributed by atoms with Crippen LogP contribution in [0.1, 0.15) is 12.6 Å². The second-order valence-electron chi connectivity index (χ2n) is 5.76. The van der Waals surface area contributed by atoms with Crippen LogP contribution in [0.5, 0.6) is 0 Å². The first-order valence-electron chi connectivity index (χ1n) is 8.38. The molecule has 0 radical (unpaired) electrons. The van der Waals surface area contributed by atoms with E-state index >= 15 is 0 Å². The maximum Gasteiger partial charge on any atom is 0.262 e. The number of aromatic nitrogens is 3. The van der Waals surface area contributed by atoms with E-state index in [0.29, 0.717) is 17.7 Å². The lowest BCUT2D eigenvalue weighted by Crippen LogP contribution is -2.22. The highest BCUT2D eigenvalue weighted by Gasteiger charge is 2.11. The third-order valence-corrected chi connectivity index (χ3v) is 6.01. The van der Waals surface area contributed by atoms with Gasteiger partial charge in [0.25, 0.3) is 5.56 Å². The third kappa shape index (κ3) is 3.30. The summed E-state index contributed by atoms with van der Waals surface area (Å²) in [6.45, 7) is 2.57. The van der Waals surface area contributed by atoms with Crippen LogP contribution in [0.15, 0.2) is 69.9 Å². The highest BCUT2D eigenvalue weighted by atomic mass is 32.2. The van der Waals surface area contributed by atoms with Gasteiger partial charge in [0.05, 0.1) is 16.6 Å². The van der Waals surface area contributed by atoms with Crippen LogP contribution in [0.3, 0.4) is 0 Å². The second-order valence-corrected chi connectivity index (χ2v) is 7.56. The Bertz CT molecular complexity index is 1100. The molecule has 0 amide bonds. The Balaban J connectivity index is 1.60. The van der Waals surface area contributed by atoms with Gasteiger partial charge in [-0.25, -0.2) is 9.97 Å². The normalized spacial score (nSPS) is 11.1. The average molecular weight is 380 g/mol. The zero-order chi connectivity index (χ0) is 17.9. The number of fused-ring (bicyclic) bond motifs is 1. The average Bonchev–Trinajstić information content (AvgIpc) is 3.16. The predicted octanol–water partition coefficient (Wildman–Crippen LogP) is 4.83. The minimum absolute atomic E-state index is 0.0175. The van der Waals surface area contributed by atoms with Gasteiger partial charge in [-0.2, -0.15) is 0 Å². The van der Waals surface area contributed by atoms with Crippen molar-refractivity contribution in [2.24, 2.45) is 0 Å². The monoisotopic (exact) mass is 379 g/mol. The molecule has 6 heteroatoms. The highest BCUT2D eigenvalue weighted by Crippen LogP contribution is 2.27. The Morgan fingerprint density at radius 3 is 2.62 bits per heavy atom. The Kier molecular flexibility index (Phi) is 4.86. The van der Waals surface area contributed by atoms with Crippen molar-refractivity contribution in [3.63, 3.8) is 0 Å². The summed E-state index contributed by atoms with van der Waals surface area (Å²) in [4.78, 5) is 22.1. The van der Waals surface area contributed by atoms with Crippen molar-refractivity contribution in [2.75, 3.05) is 0 Å². The summed E-state index contributed by atoms with van der Waals surface area (Å²) in [6, 6.07) is 17.7. The summed E-state index contributed by atoms with van der Waals surface area (Å²) in [7, 11) is 0. The van der Waals surface area contributed by atoms with Crippen LogP contribution in [0, 0.1) is 0 Å². The van der Waals surface area contributed by atoms with Crippen LogP contribution in [0.2, 0.25) is 0 Å². The van der Waals surface area contributed by atoms with Crippen molar-refractivity contribution in [3.8, 4) is 10.6 Å². The molecule has 4 rings (SSSR count).